The number of nitrogens with zero attached hydrogens (tertiary/aromatic N) is 4. The minimum absolute atomic E-state index is 0.00571. The number of piperidine rings is 1. The van der Waals surface area contributed by atoms with Gasteiger partial charge in [0, 0.05) is 55.6 Å². The van der Waals surface area contributed by atoms with E-state index in [-0.39, 0.29) is 48.3 Å². The third-order valence-electron chi connectivity index (χ3n) is 8.24. The number of fused-ring (bicyclic) bond motifs is 1. The van der Waals surface area contributed by atoms with Crippen LogP contribution in [-0.4, -0.2) is 85.9 Å². The van der Waals surface area contributed by atoms with Crippen molar-refractivity contribution in [3.05, 3.63) is 58.9 Å². The molecule has 0 aliphatic carbocycles. The third kappa shape index (κ3) is 4.36. The summed E-state index contributed by atoms with van der Waals surface area (Å²) in [6.07, 6.45) is -1.14. The van der Waals surface area contributed by atoms with Gasteiger partial charge in [-0.15, -0.1) is 0 Å². The second kappa shape index (κ2) is 9.49. The molecular weight excluding hydrogens is 548 g/mol. The third-order valence-corrected chi connectivity index (χ3v) is 10.1. The number of carbonyl (C=O) groups excluding carboxylic acids is 1. The first-order valence-electron chi connectivity index (χ1n) is 13.1. The Kier molecular flexibility index (Phi) is 6.43. The van der Waals surface area contributed by atoms with Gasteiger partial charge in [-0.25, -0.2) is 31.0 Å². The summed E-state index contributed by atoms with van der Waals surface area (Å²) in [5, 5.41) is 0.384. The standard InChI is InChI=1S/C28H28F4N4O3S/c1-16-20-4-3-17(27(37)35-14-28(15-35)12-34(2)13-28)9-23(20)33-26(25(16)32)24-21(30)10-19(11-22(24)31)40(38,39)36-7-5-18(29)6-8-36/h3-4,9-11,18H,5-8,12-15H2,1-2H3. The van der Waals surface area contributed by atoms with E-state index in [2.05, 4.69) is 9.88 Å². The topological polar surface area (TPSA) is 73.8 Å². The summed E-state index contributed by atoms with van der Waals surface area (Å²) in [7, 11) is -2.26. The highest BCUT2D eigenvalue weighted by Gasteiger charge is 2.51. The van der Waals surface area contributed by atoms with E-state index < -0.39 is 49.8 Å². The van der Waals surface area contributed by atoms with Crippen LogP contribution in [-0.2, 0) is 10.0 Å². The van der Waals surface area contributed by atoms with Crippen molar-refractivity contribution in [1.82, 2.24) is 19.1 Å². The van der Waals surface area contributed by atoms with Crippen LogP contribution in [0, 0.1) is 29.8 Å². The molecule has 0 atom stereocenters. The summed E-state index contributed by atoms with van der Waals surface area (Å²) in [6, 6.07) is 5.89. The van der Waals surface area contributed by atoms with E-state index in [9.17, 15) is 17.6 Å². The molecule has 3 aromatic rings. The van der Waals surface area contributed by atoms with Gasteiger partial charge < -0.3 is 9.80 Å². The van der Waals surface area contributed by atoms with E-state index >= 15 is 13.2 Å². The Labute approximate surface area is 229 Å². The summed E-state index contributed by atoms with van der Waals surface area (Å²) in [5.74, 6) is -3.75. The van der Waals surface area contributed by atoms with Crippen LogP contribution in [0.15, 0.2) is 35.2 Å². The number of aromatic nitrogens is 1. The second-order valence-electron chi connectivity index (χ2n) is 11.3. The molecule has 0 bridgehead atoms. The molecule has 1 aromatic heterocycles. The van der Waals surface area contributed by atoms with Crippen molar-refractivity contribution in [3.63, 3.8) is 0 Å². The molecule has 40 heavy (non-hydrogen) atoms. The average Bonchev–Trinajstić information content (AvgIpc) is 2.87. The number of pyridine rings is 1. The molecule has 0 radical (unpaired) electrons. The smallest absolute Gasteiger partial charge is 0.253 e. The molecule has 0 N–H and O–H groups in total. The predicted octanol–water partition coefficient (Wildman–Crippen LogP) is 4.14. The van der Waals surface area contributed by atoms with E-state index in [4.69, 9.17) is 0 Å². The lowest BCUT2D eigenvalue weighted by molar-refractivity contribution is -0.0871. The molecule has 3 saturated heterocycles. The zero-order chi connectivity index (χ0) is 28.6. The van der Waals surface area contributed by atoms with Crippen molar-refractivity contribution in [2.75, 3.05) is 46.3 Å². The fraction of sp³-hybridized carbons (Fsp3) is 0.429. The summed E-state index contributed by atoms with van der Waals surface area (Å²) in [5.41, 5.74) is -0.678. The van der Waals surface area contributed by atoms with E-state index in [1.807, 2.05) is 7.05 Å². The number of halogens is 4. The van der Waals surface area contributed by atoms with Gasteiger partial charge in [0.1, 0.15) is 23.5 Å². The highest BCUT2D eigenvalue weighted by atomic mass is 32.2. The predicted molar refractivity (Wildman–Crippen MR) is 141 cm³/mol. The maximum atomic E-state index is 15.4. The van der Waals surface area contributed by atoms with Crippen molar-refractivity contribution in [1.29, 1.82) is 0 Å². The largest absolute Gasteiger partial charge is 0.337 e. The normalized spacial score (nSPS) is 20.1. The van der Waals surface area contributed by atoms with Crippen LogP contribution < -0.4 is 0 Å². The quantitative estimate of drug-likeness (QED) is 0.437. The van der Waals surface area contributed by atoms with Gasteiger partial charge in [-0.2, -0.15) is 4.31 Å². The van der Waals surface area contributed by atoms with Crippen LogP contribution in [0.1, 0.15) is 28.8 Å². The van der Waals surface area contributed by atoms with Crippen LogP contribution in [0.2, 0.25) is 0 Å². The van der Waals surface area contributed by atoms with E-state index in [0.29, 0.717) is 36.2 Å². The van der Waals surface area contributed by atoms with Crippen molar-refractivity contribution >= 4 is 26.8 Å². The number of carbonyl (C=O) groups is 1. The zero-order valence-corrected chi connectivity index (χ0v) is 22.9. The number of hydrogen-bond donors (Lipinski definition) is 0. The van der Waals surface area contributed by atoms with Crippen LogP contribution in [0.5, 0.6) is 0 Å². The number of rotatable bonds is 4. The van der Waals surface area contributed by atoms with E-state index in [1.54, 1.807) is 17.0 Å². The molecule has 3 aliphatic heterocycles. The van der Waals surface area contributed by atoms with E-state index in [1.165, 1.54) is 13.0 Å². The lowest BCUT2D eigenvalue weighted by Crippen LogP contribution is -2.72. The van der Waals surface area contributed by atoms with Gasteiger partial charge in [0.15, 0.2) is 5.82 Å². The number of alkyl halides is 1. The van der Waals surface area contributed by atoms with Gasteiger partial charge in [-0.3, -0.25) is 4.79 Å². The van der Waals surface area contributed by atoms with Crippen LogP contribution in [0.4, 0.5) is 17.6 Å². The summed E-state index contributed by atoms with van der Waals surface area (Å²) < 4.78 is 86.4. The Morgan fingerprint density at radius 3 is 2.23 bits per heavy atom. The summed E-state index contributed by atoms with van der Waals surface area (Å²) in [4.78, 5) is 20.6. The highest BCUT2D eigenvalue weighted by Crippen LogP contribution is 2.40. The Balaban J connectivity index is 1.34. The molecule has 0 unspecified atom stereocenters. The first-order chi connectivity index (χ1) is 18.9. The number of sulfonamides is 1. The molecule has 6 rings (SSSR count). The highest BCUT2D eigenvalue weighted by molar-refractivity contribution is 7.89. The van der Waals surface area contributed by atoms with Gasteiger partial charge in [0.2, 0.25) is 10.0 Å². The number of benzene rings is 2. The summed E-state index contributed by atoms with van der Waals surface area (Å²) in [6.45, 7) is 4.39. The van der Waals surface area contributed by atoms with Crippen LogP contribution in [0.3, 0.4) is 0 Å². The fourth-order valence-electron chi connectivity index (χ4n) is 6.23. The lowest BCUT2D eigenvalue weighted by Gasteiger charge is -2.59. The van der Waals surface area contributed by atoms with Crippen molar-refractivity contribution in [3.8, 4) is 11.3 Å². The van der Waals surface area contributed by atoms with Crippen molar-refractivity contribution < 1.29 is 30.8 Å². The first-order valence-corrected chi connectivity index (χ1v) is 14.5. The molecule has 212 valence electrons. The number of amides is 1. The van der Waals surface area contributed by atoms with E-state index in [0.717, 1.165) is 17.4 Å². The van der Waals surface area contributed by atoms with Gasteiger partial charge in [0.05, 0.1) is 16.0 Å². The van der Waals surface area contributed by atoms with Gasteiger partial charge in [-0.05, 0) is 56.6 Å². The SMILES string of the molecule is Cc1c(F)c(-c2c(F)cc(S(=O)(=O)N3CCC(F)CC3)cc2F)nc2cc(C(=O)N3CC4(CN(C)C4)C3)ccc12. The molecule has 1 spiro atoms. The Hall–Kier alpha value is -3.09. The Morgan fingerprint density at radius 1 is 1.00 bits per heavy atom. The molecule has 3 aliphatic rings. The Morgan fingerprint density at radius 2 is 1.62 bits per heavy atom. The van der Waals surface area contributed by atoms with Gasteiger partial charge >= 0.3 is 0 Å². The minimum Gasteiger partial charge on any atom is -0.337 e. The van der Waals surface area contributed by atoms with Crippen molar-refractivity contribution in [2.45, 2.75) is 30.8 Å². The molecule has 12 heteroatoms. The summed E-state index contributed by atoms with van der Waals surface area (Å²) >= 11 is 0. The minimum atomic E-state index is -4.28. The van der Waals surface area contributed by atoms with Crippen LogP contribution >= 0.6 is 0 Å². The molecule has 1 amide bonds. The number of hydrogen-bond acceptors (Lipinski definition) is 5. The molecule has 2 aromatic carbocycles. The first kappa shape index (κ1) is 27.1. The maximum Gasteiger partial charge on any atom is 0.253 e. The Bertz CT molecular complexity index is 1620. The molecular formula is C28H28F4N4O3S. The van der Waals surface area contributed by atoms with Gasteiger partial charge in [-0.1, -0.05) is 6.07 Å². The monoisotopic (exact) mass is 576 g/mol. The molecule has 7 nitrogen and oxygen atoms in total. The molecule has 4 heterocycles. The number of likely N-dealkylation sites (tertiary alicyclic amines) is 2. The average molecular weight is 577 g/mol. The zero-order valence-electron chi connectivity index (χ0n) is 22.1. The second-order valence-corrected chi connectivity index (χ2v) is 13.2. The molecule has 3 fully saturated rings. The maximum absolute atomic E-state index is 15.4. The van der Waals surface area contributed by atoms with Crippen molar-refractivity contribution in [2.24, 2.45) is 5.41 Å². The number of aryl methyl sites for hydroxylation is 1. The van der Waals surface area contributed by atoms with Crippen LogP contribution in [0.25, 0.3) is 22.2 Å². The van der Waals surface area contributed by atoms with Gasteiger partial charge in [0.25, 0.3) is 5.91 Å². The fourth-order valence-corrected chi connectivity index (χ4v) is 7.73. The lowest BCUT2D eigenvalue weighted by atomic mass is 9.73. The molecule has 0 saturated carbocycles.